The Hall–Kier alpha value is -5.80. The van der Waals surface area contributed by atoms with Gasteiger partial charge in [-0.25, -0.2) is 0 Å². The van der Waals surface area contributed by atoms with Crippen LogP contribution in [0.3, 0.4) is 0 Å². The first-order valence-corrected chi connectivity index (χ1v) is 22.0. The van der Waals surface area contributed by atoms with Crippen LogP contribution in [-0.4, -0.2) is 15.9 Å². The van der Waals surface area contributed by atoms with Crippen molar-refractivity contribution in [3.63, 3.8) is 0 Å². The molecule has 0 unspecified atom stereocenters. The number of aryl methyl sites for hydroxylation is 7. The molecule has 0 bridgehead atoms. The molecular weight excluding hydrogens is 723 g/mol. The van der Waals surface area contributed by atoms with Gasteiger partial charge in [0, 0.05) is 43.8 Å². The molecule has 2 nitrogen and oxygen atoms in total. The minimum absolute atomic E-state index is 0.00786. The van der Waals surface area contributed by atoms with Crippen molar-refractivity contribution >= 4 is 61.4 Å². The first kappa shape index (κ1) is 37.2. The average Bonchev–Trinajstić information content (AvgIpc) is 3.66. The van der Waals surface area contributed by atoms with E-state index in [4.69, 9.17) is 0 Å². The van der Waals surface area contributed by atoms with E-state index in [0.717, 1.165) is 0 Å². The highest BCUT2D eigenvalue weighted by Gasteiger charge is 2.43. The molecule has 2 aromatic heterocycles. The third kappa shape index (κ3) is 5.02. The van der Waals surface area contributed by atoms with Crippen molar-refractivity contribution in [2.45, 2.75) is 101 Å². The minimum Gasteiger partial charge on any atom is -0.375 e. The van der Waals surface area contributed by atoms with E-state index in [1.54, 1.807) is 0 Å². The summed E-state index contributed by atoms with van der Waals surface area (Å²) in [6.45, 7) is 30.0. The fourth-order valence-electron chi connectivity index (χ4n) is 11.7. The number of hydrogen-bond donors (Lipinski definition) is 0. The van der Waals surface area contributed by atoms with E-state index >= 15 is 0 Å². The molecule has 2 aliphatic heterocycles. The molecule has 0 fully saturated rings. The summed E-state index contributed by atoms with van der Waals surface area (Å²) in [7, 11) is 0. The van der Waals surface area contributed by atoms with Gasteiger partial charge in [0.15, 0.2) is 0 Å². The lowest BCUT2D eigenvalue weighted by molar-refractivity contribution is 0.590. The Labute approximate surface area is 356 Å². The highest BCUT2D eigenvalue weighted by Crippen LogP contribution is 2.48. The summed E-state index contributed by atoms with van der Waals surface area (Å²) < 4.78 is 5.38. The van der Waals surface area contributed by atoms with Crippen molar-refractivity contribution in [1.82, 2.24) is 9.05 Å². The predicted molar refractivity (Wildman–Crippen MR) is 261 cm³/mol. The van der Waals surface area contributed by atoms with E-state index in [0.29, 0.717) is 0 Å². The van der Waals surface area contributed by atoms with Gasteiger partial charge in [0.2, 0.25) is 0 Å². The van der Waals surface area contributed by atoms with Crippen LogP contribution in [0.2, 0.25) is 0 Å². The first-order chi connectivity index (χ1) is 28.4. The molecule has 0 aliphatic carbocycles. The third-order valence-electron chi connectivity index (χ3n) is 14.2. The topological polar surface area (TPSA) is 9.86 Å². The Morgan fingerprint density at radius 2 is 0.983 bits per heavy atom. The molecule has 0 saturated heterocycles. The molecule has 0 N–H and O–H groups in total. The van der Waals surface area contributed by atoms with Gasteiger partial charge in [-0.3, -0.25) is 0 Å². The average molecular weight is 779 g/mol. The fourth-order valence-corrected chi connectivity index (χ4v) is 11.7. The van der Waals surface area contributed by atoms with Gasteiger partial charge in [0.25, 0.3) is 0 Å². The van der Waals surface area contributed by atoms with Crippen LogP contribution in [0, 0.1) is 48.5 Å². The van der Waals surface area contributed by atoms with Crippen molar-refractivity contribution in [2.75, 3.05) is 0 Å². The summed E-state index contributed by atoms with van der Waals surface area (Å²) in [6.07, 6.45) is 0. The zero-order chi connectivity index (χ0) is 42.1. The number of fused-ring (bicyclic) bond motifs is 10. The standard InChI is InChI=1S/C57H55BN2/c1-30-20-33(4)50(34(5)21-30)37-15-18-48-41(24-37)43-25-38(51-35(6)22-31(2)23-36(51)7)26-45-52-32(3)14-17-49-53(52)58(60(48)54(43)45)46-29-40(57(11,12)13)28-44-42-27-39(56(8,9)10)16-19-47(42)59(49)55(44)46/h14-29H,1-13H3. The lowest BCUT2D eigenvalue weighted by atomic mass is 9.45. The van der Waals surface area contributed by atoms with E-state index in [9.17, 15) is 0 Å². The number of hydrogen-bond acceptors (Lipinski definition) is 0. The molecule has 3 heteroatoms. The summed E-state index contributed by atoms with van der Waals surface area (Å²) in [4.78, 5) is 0. The Kier molecular flexibility index (Phi) is 7.54. The molecule has 296 valence electrons. The smallest absolute Gasteiger partial charge is 0.333 e. The second kappa shape index (κ2) is 12.2. The number of benzene rings is 7. The van der Waals surface area contributed by atoms with Crippen LogP contribution in [0.1, 0.15) is 91.6 Å². The molecule has 4 heterocycles. The fraction of sp³-hybridized carbons (Fsp3) is 0.263. The van der Waals surface area contributed by atoms with E-state index < -0.39 is 0 Å². The van der Waals surface area contributed by atoms with Crippen LogP contribution in [-0.2, 0) is 10.8 Å². The van der Waals surface area contributed by atoms with Gasteiger partial charge >= 0.3 is 6.85 Å². The molecule has 0 saturated carbocycles. The van der Waals surface area contributed by atoms with Crippen LogP contribution < -0.4 is 10.9 Å². The molecule has 0 radical (unpaired) electrons. The predicted octanol–water partition coefficient (Wildman–Crippen LogP) is 13.9. The molecular formula is C57H55BN2. The van der Waals surface area contributed by atoms with Crippen molar-refractivity contribution in [1.29, 1.82) is 0 Å². The van der Waals surface area contributed by atoms with Gasteiger partial charge in [-0.1, -0.05) is 101 Å². The largest absolute Gasteiger partial charge is 0.375 e. The lowest BCUT2D eigenvalue weighted by Gasteiger charge is -2.36. The maximum Gasteiger partial charge on any atom is 0.333 e. The van der Waals surface area contributed by atoms with Gasteiger partial charge in [-0.05, 0) is 186 Å². The Balaban J connectivity index is 1.34. The van der Waals surface area contributed by atoms with E-state index in [-0.39, 0.29) is 17.7 Å². The Morgan fingerprint density at radius 1 is 0.433 bits per heavy atom. The zero-order valence-electron chi connectivity index (χ0n) is 37.7. The molecule has 60 heavy (non-hydrogen) atoms. The van der Waals surface area contributed by atoms with Gasteiger partial charge in [-0.15, -0.1) is 0 Å². The normalized spacial score (nSPS) is 13.4. The maximum atomic E-state index is 2.76. The van der Waals surface area contributed by atoms with Crippen molar-refractivity contribution in [3.8, 4) is 39.1 Å². The molecule has 0 amide bonds. The molecule has 7 aromatic carbocycles. The second-order valence-corrected chi connectivity index (χ2v) is 20.7. The summed E-state index contributed by atoms with van der Waals surface area (Å²) in [6, 6.07) is 39.0. The SMILES string of the molecule is Cc1cc(C)c(-c2ccc3c(c2)c2cc(-c4c(C)cc(C)cc4C)cc4c2n3B2c3c(ccc(C)c3-4)-n3c4ccc(C(C)(C)C)cc4c4cc(C(C)(C)C)cc2c43)c(C)c1. The van der Waals surface area contributed by atoms with E-state index in [1.807, 2.05) is 0 Å². The van der Waals surface area contributed by atoms with Crippen molar-refractivity contribution in [2.24, 2.45) is 0 Å². The third-order valence-corrected chi connectivity index (χ3v) is 14.2. The summed E-state index contributed by atoms with van der Waals surface area (Å²) in [5.41, 5.74) is 29.4. The van der Waals surface area contributed by atoms with Gasteiger partial charge < -0.3 is 9.05 Å². The van der Waals surface area contributed by atoms with Crippen LogP contribution in [0.15, 0.2) is 97.1 Å². The lowest BCUT2D eigenvalue weighted by Crippen LogP contribution is -2.55. The van der Waals surface area contributed by atoms with Crippen molar-refractivity contribution < 1.29 is 0 Å². The number of rotatable bonds is 2. The van der Waals surface area contributed by atoms with Crippen molar-refractivity contribution in [3.05, 3.63) is 147 Å². The highest BCUT2D eigenvalue weighted by atomic mass is 15.0. The van der Waals surface area contributed by atoms with Crippen LogP contribution in [0.25, 0.3) is 82.7 Å². The maximum absolute atomic E-state index is 2.76. The van der Waals surface area contributed by atoms with Gasteiger partial charge in [-0.2, -0.15) is 0 Å². The molecule has 11 rings (SSSR count). The molecule has 0 spiro atoms. The molecule has 2 aliphatic rings. The zero-order valence-corrected chi connectivity index (χ0v) is 37.7. The van der Waals surface area contributed by atoms with Gasteiger partial charge in [0.1, 0.15) is 0 Å². The Morgan fingerprint density at radius 3 is 1.62 bits per heavy atom. The summed E-state index contributed by atoms with van der Waals surface area (Å²) >= 11 is 0. The highest BCUT2D eigenvalue weighted by molar-refractivity contribution is 6.90. The van der Waals surface area contributed by atoms with Crippen LogP contribution in [0.4, 0.5) is 0 Å². The second-order valence-electron chi connectivity index (χ2n) is 20.7. The molecule has 0 atom stereocenters. The van der Waals surface area contributed by atoms with E-state index in [1.165, 1.54) is 144 Å². The van der Waals surface area contributed by atoms with Gasteiger partial charge in [0.05, 0.1) is 11.0 Å². The summed E-state index contributed by atoms with van der Waals surface area (Å²) in [5.74, 6) is 0. The summed E-state index contributed by atoms with van der Waals surface area (Å²) in [5, 5.41) is 5.36. The van der Waals surface area contributed by atoms with Crippen LogP contribution >= 0.6 is 0 Å². The quantitative estimate of drug-likeness (QED) is 0.155. The molecule has 9 aromatic rings. The number of aromatic nitrogens is 2. The van der Waals surface area contributed by atoms with E-state index in [2.05, 4.69) is 196 Å². The number of nitrogens with zero attached hydrogens (tertiary/aromatic N) is 2. The first-order valence-electron chi connectivity index (χ1n) is 22.0. The monoisotopic (exact) mass is 778 g/mol. The van der Waals surface area contributed by atoms with Crippen LogP contribution in [0.5, 0.6) is 0 Å². The Bertz CT molecular complexity index is 3360. The minimum atomic E-state index is -0.0333.